The first-order valence-corrected chi connectivity index (χ1v) is 4.44. The highest BCUT2D eigenvalue weighted by molar-refractivity contribution is 5.33. The maximum absolute atomic E-state index is 5.27. The number of aromatic nitrogens is 2. The number of nitrogens with two attached hydrogens (primary N) is 1. The maximum Gasteiger partial charge on any atom is 0.136 e. The van der Waals surface area contributed by atoms with Crippen molar-refractivity contribution in [2.75, 3.05) is 6.54 Å². The molecule has 1 heterocycles. The Bertz CT molecular complexity index is 373. The molecule has 0 saturated heterocycles. The summed E-state index contributed by atoms with van der Waals surface area (Å²) in [5.41, 5.74) is 8.45. The fourth-order valence-electron chi connectivity index (χ4n) is 1.53. The Labute approximate surface area is 77.4 Å². The van der Waals surface area contributed by atoms with Gasteiger partial charge in [-0.1, -0.05) is 5.92 Å². The van der Waals surface area contributed by atoms with Crippen LogP contribution in [0, 0.1) is 11.8 Å². The lowest BCUT2D eigenvalue weighted by molar-refractivity contribution is 0.876. The van der Waals surface area contributed by atoms with E-state index in [9.17, 15) is 0 Å². The lowest BCUT2D eigenvalue weighted by atomic mass is 10.2. The van der Waals surface area contributed by atoms with Crippen molar-refractivity contribution in [3.8, 4) is 11.8 Å². The van der Waals surface area contributed by atoms with Gasteiger partial charge in [0.25, 0.3) is 0 Å². The zero-order chi connectivity index (χ0) is 9.10. The Hall–Kier alpha value is -1.40. The fraction of sp³-hybridized carbons (Fsp3) is 0.400. The third kappa shape index (κ3) is 1.68. The van der Waals surface area contributed by atoms with Gasteiger partial charge in [0.1, 0.15) is 5.69 Å². The third-order valence-corrected chi connectivity index (χ3v) is 2.14. The Balaban J connectivity index is 2.31. The van der Waals surface area contributed by atoms with Crippen molar-refractivity contribution in [1.82, 2.24) is 10.2 Å². The number of nitrogens with zero attached hydrogens (tertiary/aromatic N) is 2. The highest BCUT2D eigenvalue weighted by Crippen LogP contribution is 2.18. The summed E-state index contributed by atoms with van der Waals surface area (Å²) in [4.78, 5) is 0. The van der Waals surface area contributed by atoms with E-state index in [1.807, 2.05) is 6.07 Å². The molecule has 0 spiro atoms. The molecule has 2 N–H and O–H groups in total. The second-order valence-corrected chi connectivity index (χ2v) is 3.06. The van der Waals surface area contributed by atoms with Crippen LogP contribution < -0.4 is 5.73 Å². The second-order valence-electron chi connectivity index (χ2n) is 3.06. The van der Waals surface area contributed by atoms with Crippen LogP contribution >= 0.6 is 0 Å². The van der Waals surface area contributed by atoms with Crippen LogP contribution in [-0.4, -0.2) is 16.7 Å². The van der Waals surface area contributed by atoms with Gasteiger partial charge >= 0.3 is 0 Å². The molecule has 2 rings (SSSR count). The summed E-state index contributed by atoms with van der Waals surface area (Å²) < 4.78 is 0. The summed E-state index contributed by atoms with van der Waals surface area (Å²) in [5.74, 6) is 5.66. The predicted molar refractivity (Wildman–Crippen MR) is 50.0 cm³/mol. The summed E-state index contributed by atoms with van der Waals surface area (Å²) in [6.07, 6.45) is 3.37. The van der Waals surface area contributed by atoms with E-state index in [4.69, 9.17) is 5.73 Å². The molecule has 0 unspecified atom stereocenters. The fourth-order valence-corrected chi connectivity index (χ4v) is 1.53. The molecule has 0 radical (unpaired) electrons. The van der Waals surface area contributed by atoms with E-state index in [-0.39, 0.29) is 0 Å². The average Bonchev–Trinajstić information content (AvgIpc) is 2.61. The molecule has 0 amide bonds. The summed E-state index contributed by atoms with van der Waals surface area (Å²) in [6.45, 7) is 0.374. The summed E-state index contributed by atoms with van der Waals surface area (Å²) in [7, 11) is 0. The first-order chi connectivity index (χ1) is 6.40. The van der Waals surface area contributed by atoms with E-state index >= 15 is 0 Å². The van der Waals surface area contributed by atoms with Gasteiger partial charge in [0, 0.05) is 0 Å². The predicted octanol–water partition coefficient (Wildman–Crippen LogP) is 0.275. The average molecular weight is 173 g/mol. The number of rotatable bonds is 0. The molecule has 0 saturated carbocycles. The van der Waals surface area contributed by atoms with Gasteiger partial charge in [-0.2, -0.15) is 5.10 Å². The number of hydrogen-bond donors (Lipinski definition) is 1. The zero-order valence-electron chi connectivity index (χ0n) is 7.38. The van der Waals surface area contributed by atoms with Crippen LogP contribution in [0.25, 0.3) is 0 Å². The van der Waals surface area contributed by atoms with E-state index in [1.165, 1.54) is 12.0 Å². The van der Waals surface area contributed by atoms with Gasteiger partial charge in [0.2, 0.25) is 0 Å². The monoisotopic (exact) mass is 173 g/mol. The minimum Gasteiger partial charge on any atom is -0.320 e. The molecule has 1 aliphatic carbocycles. The highest BCUT2D eigenvalue weighted by Gasteiger charge is 2.12. The van der Waals surface area contributed by atoms with Crippen molar-refractivity contribution < 1.29 is 0 Å². The van der Waals surface area contributed by atoms with Gasteiger partial charge in [-0.15, -0.1) is 5.10 Å². The molecule has 13 heavy (non-hydrogen) atoms. The molecular formula is C10H11N3. The minimum atomic E-state index is 0.374. The van der Waals surface area contributed by atoms with Crippen LogP contribution in [0.3, 0.4) is 0 Å². The smallest absolute Gasteiger partial charge is 0.136 e. The van der Waals surface area contributed by atoms with Gasteiger partial charge in [-0.25, -0.2) is 0 Å². The second kappa shape index (κ2) is 3.55. The quantitative estimate of drug-likeness (QED) is 0.573. The van der Waals surface area contributed by atoms with Crippen molar-refractivity contribution in [2.45, 2.75) is 19.3 Å². The molecule has 1 aliphatic rings. The molecule has 0 aromatic carbocycles. The first kappa shape index (κ1) is 8.21. The zero-order valence-corrected chi connectivity index (χ0v) is 7.38. The van der Waals surface area contributed by atoms with Crippen LogP contribution in [-0.2, 0) is 12.8 Å². The SMILES string of the molecule is NCC#Cc1cc2c(nn1)CCC2. The molecule has 3 heteroatoms. The Morgan fingerprint density at radius 3 is 3.15 bits per heavy atom. The van der Waals surface area contributed by atoms with E-state index in [1.54, 1.807) is 0 Å². The third-order valence-electron chi connectivity index (χ3n) is 2.14. The highest BCUT2D eigenvalue weighted by atomic mass is 15.1. The molecule has 0 fully saturated rings. The Morgan fingerprint density at radius 1 is 1.38 bits per heavy atom. The van der Waals surface area contributed by atoms with Crippen LogP contribution in [0.5, 0.6) is 0 Å². The van der Waals surface area contributed by atoms with Gasteiger partial charge in [0.05, 0.1) is 12.2 Å². The Morgan fingerprint density at radius 2 is 2.31 bits per heavy atom. The standard InChI is InChI=1S/C10H11N3/c11-6-2-4-9-7-8-3-1-5-10(8)13-12-9/h7H,1,3,5-6,11H2. The van der Waals surface area contributed by atoms with Gasteiger partial charge in [0.15, 0.2) is 0 Å². The lowest BCUT2D eigenvalue weighted by Crippen LogP contribution is -1.96. The van der Waals surface area contributed by atoms with E-state index in [0.29, 0.717) is 6.54 Å². The molecule has 0 bridgehead atoms. The number of aryl methyl sites for hydroxylation is 2. The van der Waals surface area contributed by atoms with Crippen molar-refractivity contribution in [2.24, 2.45) is 5.73 Å². The summed E-state index contributed by atoms with van der Waals surface area (Å²) >= 11 is 0. The lowest BCUT2D eigenvalue weighted by Gasteiger charge is -1.95. The van der Waals surface area contributed by atoms with Gasteiger partial charge < -0.3 is 5.73 Å². The van der Waals surface area contributed by atoms with Crippen molar-refractivity contribution in [3.63, 3.8) is 0 Å². The topological polar surface area (TPSA) is 51.8 Å². The summed E-state index contributed by atoms with van der Waals surface area (Å²) in [6, 6.07) is 2.03. The van der Waals surface area contributed by atoms with Crippen LogP contribution in [0.4, 0.5) is 0 Å². The minimum absolute atomic E-state index is 0.374. The van der Waals surface area contributed by atoms with E-state index < -0.39 is 0 Å². The van der Waals surface area contributed by atoms with Crippen LogP contribution in [0.1, 0.15) is 23.4 Å². The van der Waals surface area contributed by atoms with E-state index in [0.717, 1.165) is 24.2 Å². The first-order valence-electron chi connectivity index (χ1n) is 4.44. The van der Waals surface area contributed by atoms with E-state index in [2.05, 4.69) is 22.0 Å². The molecule has 1 aromatic rings. The molecule has 3 nitrogen and oxygen atoms in total. The van der Waals surface area contributed by atoms with Crippen molar-refractivity contribution in [3.05, 3.63) is 23.0 Å². The molecule has 66 valence electrons. The molecule has 1 aromatic heterocycles. The van der Waals surface area contributed by atoms with Crippen molar-refractivity contribution >= 4 is 0 Å². The largest absolute Gasteiger partial charge is 0.320 e. The Kier molecular flexibility index (Phi) is 2.24. The normalized spacial score (nSPS) is 13.3. The molecular weight excluding hydrogens is 162 g/mol. The summed E-state index contributed by atoms with van der Waals surface area (Å²) in [5, 5.41) is 8.13. The van der Waals surface area contributed by atoms with Gasteiger partial charge in [-0.3, -0.25) is 0 Å². The van der Waals surface area contributed by atoms with Crippen molar-refractivity contribution in [1.29, 1.82) is 0 Å². The molecule has 0 aliphatic heterocycles. The maximum atomic E-state index is 5.27. The number of fused-ring (bicyclic) bond motifs is 1. The van der Waals surface area contributed by atoms with Crippen LogP contribution in [0.15, 0.2) is 6.07 Å². The number of hydrogen-bond acceptors (Lipinski definition) is 3. The van der Waals surface area contributed by atoms with Crippen LogP contribution in [0.2, 0.25) is 0 Å². The molecule has 0 atom stereocenters. The van der Waals surface area contributed by atoms with Gasteiger partial charge in [-0.05, 0) is 36.8 Å².